The van der Waals surface area contributed by atoms with Gasteiger partial charge in [-0.05, 0) is 30.7 Å². The van der Waals surface area contributed by atoms with E-state index in [4.69, 9.17) is 21.1 Å². The topological polar surface area (TPSA) is 48.3 Å². The Morgan fingerprint density at radius 3 is 2.71 bits per heavy atom. The molecule has 0 spiro atoms. The van der Waals surface area contributed by atoms with Crippen molar-refractivity contribution in [1.29, 1.82) is 0 Å². The van der Waals surface area contributed by atoms with Crippen LogP contribution in [-0.4, -0.2) is 23.3 Å². The van der Waals surface area contributed by atoms with Gasteiger partial charge in [-0.1, -0.05) is 29.8 Å². The number of rotatable bonds is 8. The standard InChI is InChI=1S/C21H23ClFN3O2/c1-4-28-20-16(22)11-14(12-18(20)27-3)13-25-19(21-24-9-10-26(21)2)15-7-5-6-8-17(15)23/h5-12,19,25H,4,13H2,1-3H3. The van der Waals surface area contributed by atoms with Crippen molar-refractivity contribution in [2.75, 3.05) is 13.7 Å². The zero-order valence-electron chi connectivity index (χ0n) is 16.1. The number of hydrogen-bond acceptors (Lipinski definition) is 4. The fourth-order valence-corrected chi connectivity index (χ4v) is 3.37. The Kier molecular flexibility index (Phi) is 6.54. The molecular formula is C21H23ClFN3O2. The van der Waals surface area contributed by atoms with Crippen LogP contribution >= 0.6 is 11.6 Å². The second-order valence-electron chi connectivity index (χ2n) is 6.27. The minimum Gasteiger partial charge on any atom is -0.493 e. The van der Waals surface area contributed by atoms with Crippen LogP contribution in [0.25, 0.3) is 0 Å². The van der Waals surface area contributed by atoms with E-state index in [1.54, 1.807) is 25.4 Å². The zero-order chi connectivity index (χ0) is 20.1. The molecule has 0 aliphatic heterocycles. The van der Waals surface area contributed by atoms with Crippen LogP contribution in [0.2, 0.25) is 5.02 Å². The highest BCUT2D eigenvalue weighted by molar-refractivity contribution is 6.32. The third kappa shape index (κ3) is 4.29. The predicted molar refractivity (Wildman–Crippen MR) is 107 cm³/mol. The molecule has 0 saturated heterocycles. The highest BCUT2D eigenvalue weighted by atomic mass is 35.5. The van der Waals surface area contributed by atoms with Crippen LogP contribution in [0.4, 0.5) is 4.39 Å². The van der Waals surface area contributed by atoms with Gasteiger partial charge in [0.15, 0.2) is 11.5 Å². The molecule has 5 nitrogen and oxygen atoms in total. The highest BCUT2D eigenvalue weighted by Crippen LogP contribution is 2.36. The molecule has 28 heavy (non-hydrogen) atoms. The summed E-state index contributed by atoms with van der Waals surface area (Å²) in [4.78, 5) is 4.40. The lowest BCUT2D eigenvalue weighted by molar-refractivity contribution is 0.311. The van der Waals surface area contributed by atoms with E-state index in [0.717, 1.165) is 5.56 Å². The molecule has 0 fully saturated rings. The SMILES string of the molecule is CCOc1c(Cl)cc(CNC(c2ccccc2F)c2nccn2C)cc1OC. The van der Waals surface area contributed by atoms with Gasteiger partial charge in [-0.2, -0.15) is 0 Å². The molecule has 0 amide bonds. The van der Waals surface area contributed by atoms with Gasteiger partial charge in [-0.15, -0.1) is 0 Å². The average molecular weight is 404 g/mol. The van der Waals surface area contributed by atoms with Crippen molar-refractivity contribution in [3.63, 3.8) is 0 Å². The summed E-state index contributed by atoms with van der Waals surface area (Å²) in [5, 5.41) is 3.86. The van der Waals surface area contributed by atoms with Crippen LogP contribution in [0.1, 0.15) is 29.9 Å². The molecule has 148 valence electrons. The first-order chi connectivity index (χ1) is 13.5. The summed E-state index contributed by atoms with van der Waals surface area (Å²) in [5.74, 6) is 1.51. The van der Waals surface area contributed by atoms with Gasteiger partial charge in [-0.25, -0.2) is 9.37 Å². The van der Waals surface area contributed by atoms with E-state index in [1.165, 1.54) is 6.07 Å². The molecule has 1 atom stereocenters. The van der Waals surface area contributed by atoms with E-state index in [1.807, 2.05) is 42.9 Å². The number of benzene rings is 2. The maximum atomic E-state index is 14.5. The van der Waals surface area contributed by atoms with Gasteiger partial charge in [0, 0.05) is 31.5 Å². The lowest BCUT2D eigenvalue weighted by atomic mass is 10.0. The number of nitrogens with zero attached hydrogens (tertiary/aromatic N) is 2. The molecule has 7 heteroatoms. The Balaban J connectivity index is 1.90. The summed E-state index contributed by atoms with van der Waals surface area (Å²) in [6, 6.07) is 9.95. The van der Waals surface area contributed by atoms with Gasteiger partial charge < -0.3 is 14.0 Å². The maximum Gasteiger partial charge on any atom is 0.179 e. The van der Waals surface area contributed by atoms with Crippen molar-refractivity contribution < 1.29 is 13.9 Å². The Bertz CT molecular complexity index is 945. The van der Waals surface area contributed by atoms with E-state index in [0.29, 0.717) is 41.1 Å². The Labute approximate surface area is 169 Å². The molecule has 0 aliphatic carbocycles. The number of nitrogens with one attached hydrogen (secondary N) is 1. The molecule has 0 bridgehead atoms. The summed E-state index contributed by atoms with van der Waals surface area (Å²) in [5.41, 5.74) is 1.42. The van der Waals surface area contributed by atoms with E-state index in [9.17, 15) is 4.39 Å². The molecule has 0 radical (unpaired) electrons. The van der Waals surface area contributed by atoms with Gasteiger partial charge in [0.25, 0.3) is 0 Å². The van der Waals surface area contributed by atoms with E-state index in [-0.39, 0.29) is 5.82 Å². The van der Waals surface area contributed by atoms with Crippen molar-refractivity contribution in [1.82, 2.24) is 14.9 Å². The Morgan fingerprint density at radius 1 is 1.29 bits per heavy atom. The summed E-state index contributed by atoms with van der Waals surface area (Å²) < 4.78 is 27.3. The molecule has 1 unspecified atom stereocenters. The minimum atomic E-state index is -0.419. The van der Waals surface area contributed by atoms with Crippen LogP contribution in [0.15, 0.2) is 48.8 Å². The zero-order valence-corrected chi connectivity index (χ0v) is 16.8. The van der Waals surface area contributed by atoms with Crippen molar-refractivity contribution in [2.24, 2.45) is 7.05 Å². The maximum absolute atomic E-state index is 14.5. The number of methoxy groups -OCH3 is 1. The molecule has 1 N–H and O–H groups in total. The fraction of sp³-hybridized carbons (Fsp3) is 0.286. The summed E-state index contributed by atoms with van der Waals surface area (Å²) in [6.45, 7) is 2.81. The minimum absolute atomic E-state index is 0.287. The van der Waals surface area contributed by atoms with Gasteiger partial charge in [-0.3, -0.25) is 5.32 Å². The summed E-state index contributed by atoms with van der Waals surface area (Å²) >= 11 is 6.37. The number of halogens is 2. The second kappa shape index (κ2) is 9.08. The van der Waals surface area contributed by atoms with Gasteiger partial charge >= 0.3 is 0 Å². The smallest absolute Gasteiger partial charge is 0.179 e. The number of ether oxygens (including phenoxy) is 2. The summed E-state index contributed by atoms with van der Waals surface area (Å²) in [7, 11) is 3.45. The number of aryl methyl sites for hydroxylation is 1. The lowest BCUT2D eigenvalue weighted by Gasteiger charge is -2.20. The fourth-order valence-electron chi connectivity index (χ4n) is 3.08. The molecule has 1 heterocycles. The van der Waals surface area contributed by atoms with Crippen LogP contribution < -0.4 is 14.8 Å². The number of aromatic nitrogens is 2. The second-order valence-corrected chi connectivity index (χ2v) is 6.68. The van der Waals surface area contributed by atoms with Crippen molar-refractivity contribution in [2.45, 2.75) is 19.5 Å². The highest BCUT2D eigenvalue weighted by Gasteiger charge is 2.21. The van der Waals surface area contributed by atoms with Gasteiger partial charge in [0.2, 0.25) is 0 Å². The van der Waals surface area contributed by atoms with Crippen molar-refractivity contribution in [3.8, 4) is 11.5 Å². The van der Waals surface area contributed by atoms with Crippen LogP contribution in [0.3, 0.4) is 0 Å². The van der Waals surface area contributed by atoms with Crippen LogP contribution in [-0.2, 0) is 13.6 Å². The first-order valence-corrected chi connectivity index (χ1v) is 9.37. The molecule has 1 aromatic heterocycles. The Morgan fingerprint density at radius 2 is 2.07 bits per heavy atom. The molecule has 3 rings (SSSR count). The van der Waals surface area contributed by atoms with E-state index < -0.39 is 6.04 Å². The first-order valence-electron chi connectivity index (χ1n) is 8.99. The number of hydrogen-bond donors (Lipinski definition) is 1. The largest absolute Gasteiger partial charge is 0.493 e. The van der Waals surface area contributed by atoms with Crippen molar-refractivity contribution in [3.05, 3.63) is 76.6 Å². The predicted octanol–water partition coefficient (Wildman–Crippen LogP) is 4.50. The molecular weight excluding hydrogens is 381 g/mol. The van der Waals surface area contributed by atoms with Gasteiger partial charge in [0.1, 0.15) is 11.6 Å². The number of imidazole rings is 1. The quantitative estimate of drug-likeness (QED) is 0.601. The third-order valence-electron chi connectivity index (χ3n) is 4.42. The lowest BCUT2D eigenvalue weighted by Crippen LogP contribution is -2.25. The van der Waals surface area contributed by atoms with Crippen LogP contribution in [0, 0.1) is 5.82 Å². The van der Waals surface area contributed by atoms with E-state index in [2.05, 4.69) is 10.3 Å². The van der Waals surface area contributed by atoms with Crippen molar-refractivity contribution >= 4 is 11.6 Å². The first kappa shape index (κ1) is 20.2. The molecule has 3 aromatic rings. The van der Waals surface area contributed by atoms with Crippen LogP contribution in [0.5, 0.6) is 11.5 Å². The molecule has 2 aromatic carbocycles. The van der Waals surface area contributed by atoms with Gasteiger partial charge in [0.05, 0.1) is 24.8 Å². The monoisotopic (exact) mass is 403 g/mol. The normalized spacial score (nSPS) is 12.0. The third-order valence-corrected chi connectivity index (χ3v) is 4.70. The molecule has 0 saturated carbocycles. The summed E-state index contributed by atoms with van der Waals surface area (Å²) in [6.07, 6.45) is 3.53. The average Bonchev–Trinajstić information content (AvgIpc) is 3.11. The Hall–Kier alpha value is -2.57. The van der Waals surface area contributed by atoms with E-state index >= 15 is 0 Å². The molecule has 0 aliphatic rings.